The van der Waals surface area contributed by atoms with Gasteiger partial charge in [-0.2, -0.15) is 0 Å². The van der Waals surface area contributed by atoms with Crippen LogP contribution in [0.15, 0.2) is 54.8 Å². The van der Waals surface area contributed by atoms with Gasteiger partial charge in [0.1, 0.15) is 5.82 Å². The van der Waals surface area contributed by atoms with Gasteiger partial charge in [0.05, 0.1) is 13.2 Å². The van der Waals surface area contributed by atoms with E-state index in [2.05, 4.69) is 11.6 Å². The highest BCUT2D eigenvalue weighted by Crippen LogP contribution is 2.15. The molecule has 0 aromatic carbocycles. The maximum absolute atomic E-state index is 12.7. The number of anilines is 1. The fraction of sp³-hybridized carbons (Fsp3) is 0.294. The Morgan fingerprint density at radius 2 is 2.24 bits per heavy atom. The molecule has 1 amide bonds. The molecule has 1 aromatic heterocycles. The van der Waals surface area contributed by atoms with Crippen LogP contribution >= 0.6 is 0 Å². The van der Waals surface area contributed by atoms with Crippen LogP contribution in [0, 0.1) is 6.92 Å². The number of nitrogens with zero attached hydrogens (tertiary/aromatic N) is 2. The van der Waals surface area contributed by atoms with Crippen LogP contribution in [0.1, 0.15) is 12.5 Å². The van der Waals surface area contributed by atoms with Crippen LogP contribution in [0.4, 0.5) is 5.82 Å². The number of amides is 1. The van der Waals surface area contributed by atoms with Gasteiger partial charge in [-0.05, 0) is 25.5 Å². The van der Waals surface area contributed by atoms with E-state index in [1.54, 1.807) is 36.4 Å². The number of rotatable bonds is 7. The fourth-order valence-electron chi connectivity index (χ4n) is 1.78. The van der Waals surface area contributed by atoms with Gasteiger partial charge in [0.15, 0.2) is 0 Å². The van der Waals surface area contributed by atoms with Gasteiger partial charge in [-0.25, -0.2) is 4.98 Å². The van der Waals surface area contributed by atoms with Crippen LogP contribution in [0.3, 0.4) is 0 Å². The Bertz CT molecular complexity index is 530. The van der Waals surface area contributed by atoms with E-state index in [0.717, 1.165) is 5.56 Å². The Kier molecular flexibility index (Phi) is 7.12. The molecule has 1 rings (SSSR count). The molecule has 4 nitrogen and oxygen atoms in total. The second kappa shape index (κ2) is 8.87. The lowest BCUT2D eigenvalue weighted by Gasteiger charge is -2.22. The van der Waals surface area contributed by atoms with E-state index in [1.165, 1.54) is 0 Å². The predicted octanol–water partition coefficient (Wildman–Crippen LogP) is 3.06. The number of hydrogen-bond donors (Lipinski definition) is 0. The number of pyridine rings is 1. The quantitative estimate of drug-likeness (QED) is 0.571. The Morgan fingerprint density at radius 1 is 1.48 bits per heavy atom. The van der Waals surface area contributed by atoms with Gasteiger partial charge >= 0.3 is 0 Å². The molecule has 0 saturated heterocycles. The third-order valence-corrected chi connectivity index (χ3v) is 2.83. The highest BCUT2D eigenvalue weighted by Gasteiger charge is 2.18. The van der Waals surface area contributed by atoms with Gasteiger partial charge in [0.2, 0.25) is 0 Å². The van der Waals surface area contributed by atoms with Gasteiger partial charge in [0.25, 0.3) is 5.91 Å². The lowest BCUT2D eigenvalue weighted by molar-refractivity contribution is -0.115. The Labute approximate surface area is 126 Å². The summed E-state index contributed by atoms with van der Waals surface area (Å²) >= 11 is 0. The molecule has 4 heteroatoms. The normalized spacial score (nSPS) is 11.7. The zero-order valence-electron chi connectivity index (χ0n) is 12.9. The minimum absolute atomic E-state index is 0.124. The standard InChI is InChI=1S/C17H22N2O2/c1-5-7-15(8-6-2)17(20)19(11-12-21-4)16-10-9-14(3)13-18-16/h5-10,13H,1,11-12H2,2-4H3/b8-6-,15-7+. The summed E-state index contributed by atoms with van der Waals surface area (Å²) in [5.74, 6) is 0.489. The number of carbonyl (C=O) groups excluding carboxylic acids is 1. The summed E-state index contributed by atoms with van der Waals surface area (Å²) in [6, 6.07) is 3.77. The molecule has 0 radical (unpaired) electrons. The van der Waals surface area contributed by atoms with Crippen LogP contribution in [0.2, 0.25) is 0 Å². The van der Waals surface area contributed by atoms with E-state index in [9.17, 15) is 4.79 Å². The number of hydrogen-bond acceptors (Lipinski definition) is 3. The van der Waals surface area contributed by atoms with Crippen LogP contribution in [0.5, 0.6) is 0 Å². The monoisotopic (exact) mass is 286 g/mol. The van der Waals surface area contributed by atoms with Crippen LogP contribution in [-0.2, 0) is 9.53 Å². The van der Waals surface area contributed by atoms with Crippen LogP contribution in [-0.4, -0.2) is 31.2 Å². The largest absolute Gasteiger partial charge is 0.383 e. The molecule has 0 aliphatic heterocycles. The van der Waals surface area contributed by atoms with Crippen molar-refractivity contribution in [2.45, 2.75) is 13.8 Å². The molecule has 0 saturated carbocycles. The highest BCUT2D eigenvalue weighted by atomic mass is 16.5. The third-order valence-electron chi connectivity index (χ3n) is 2.83. The van der Waals surface area contributed by atoms with Gasteiger partial charge < -0.3 is 4.74 Å². The first kappa shape index (κ1) is 16.9. The zero-order chi connectivity index (χ0) is 15.7. The minimum atomic E-state index is -0.124. The van der Waals surface area contributed by atoms with Gasteiger partial charge in [-0.1, -0.05) is 36.9 Å². The average molecular weight is 286 g/mol. The second-order valence-electron chi connectivity index (χ2n) is 4.50. The predicted molar refractivity (Wildman–Crippen MR) is 86.3 cm³/mol. The van der Waals surface area contributed by atoms with Crippen molar-refractivity contribution < 1.29 is 9.53 Å². The maximum atomic E-state index is 12.7. The molecule has 0 N–H and O–H groups in total. The highest BCUT2D eigenvalue weighted by molar-refractivity contribution is 6.07. The number of methoxy groups -OCH3 is 1. The van der Waals surface area contributed by atoms with E-state index in [4.69, 9.17) is 4.74 Å². The summed E-state index contributed by atoms with van der Waals surface area (Å²) < 4.78 is 5.09. The molecule has 0 fully saturated rings. The van der Waals surface area contributed by atoms with Crippen molar-refractivity contribution in [1.82, 2.24) is 4.98 Å². The zero-order valence-corrected chi connectivity index (χ0v) is 12.9. The number of ether oxygens (including phenoxy) is 1. The van der Waals surface area contributed by atoms with E-state index in [-0.39, 0.29) is 5.91 Å². The van der Waals surface area contributed by atoms with Crippen molar-refractivity contribution in [2.75, 3.05) is 25.2 Å². The molecule has 0 bridgehead atoms. The number of aromatic nitrogens is 1. The molecular formula is C17H22N2O2. The average Bonchev–Trinajstić information content (AvgIpc) is 2.49. The summed E-state index contributed by atoms with van der Waals surface area (Å²) in [5.41, 5.74) is 1.61. The number of carbonyl (C=O) groups is 1. The summed E-state index contributed by atoms with van der Waals surface area (Å²) in [7, 11) is 1.61. The summed E-state index contributed by atoms with van der Waals surface area (Å²) in [6.07, 6.45) is 8.62. The van der Waals surface area contributed by atoms with Gasteiger partial charge in [0, 0.05) is 18.9 Å². The lowest BCUT2D eigenvalue weighted by Crippen LogP contribution is -2.35. The van der Waals surface area contributed by atoms with Gasteiger partial charge in [-0.15, -0.1) is 0 Å². The SMILES string of the molecule is C=C/C=C(\C=C/C)C(=O)N(CCOC)c1ccc(C)cn1. The molecule has 0 unspecified atom stereocenters. The Morgan fingerprint density at radius 3 is 2.76 bits per heavy atom. The first-order valence-electron chi connectivity index (χ1n) is 6.83. The first-order chi connectivity index (χ1) is 10.1. The van der Waals surface area contributed by atoms with Crippen molar-refractivity contribution >= 4 is 11.7 Å². The second-order valence-corrected chi connectivity index (χ2v) is 4.50. The van der Waals surface area contributed by atoms with Crippen LogP contribution in [0.25, 0.3) is 0 Å². The molecule has 112 valence electrons. The molecule has 0 aliphatic rings. The number of aryl methyl sites for hydroxylation is 1. The topological polar surface area (TPSA) is 42.4 Å². The van der Waals surface area contributed by atoms with Gasteiger partial charge in [-0.3, -0.25) is 9.69 Å². The molecule has 21 heavy (non-hydrogen) atoms. The van der Waals surface area contributed by atoms with Crippen molar-refractivity contribution in [3.05, 3.63) is 60.3 Å². The first-order valence-corrected chi connectivity index (χ1v) is 6.83. The number of allylic oxidation sites excluding steroid dienone is 3. The maximum Gasteiger partial charge on any atom is 0.259 e. The summed E-state index contributed by atoms with van der Waals surface area (Å²) in [5, 5.41) is 0. The van der Waals surface area contributed by atoms with E-state index in [0.29, 0.717) is 24.5 Å². The smallest absolute Gasteiger partial charge is 0.259 e. The van der Waals surface area contributed by atoms with E-state index in [1.807, 2.05) is 32.1 Å². The fourth-order valence-corrected chi connectivity index (χ4v) is 1.78. The molecule has 0 spiro atoms. The molecule has 0 atom stereocenters. The minimum Gasteiger partial charge on any atom is -0.383 e. The van der Waals surface area contributed by atoms with Crippen molar-refractivity contribution in [3.63, 3.8) is 0 Å². The molecule has 1 heterocycles. The van der Waals surface area contributed by atoms with Crippen molar-refractivity contribution in [3.8, 4) is 0 Å². The van der Waals surface area contributed by atoms with Crippen molar-refractivity contribution in [1.29, 1.82) is 0 Å². The van der Waals surface area contributed by atoms with E-state index < -0.39 is 0 Å². The molecular weight excluding hydrogens is 264 g/mol. The van der Waals surface area contributed by atoms with Crippen molar-refractivity contribution in [2.24, 2.45) is 0 Å². The summed E-state index contributed by atoms with van der Waals surface area (Å²) in [6.45, 7) is 8.36. The Hall–Kier alpha value is -2.20. The lowest BCUT2D eigenvalue weighted by atomic mass is 10.2. The summed E-state index contributed by atoms with van der Waals surface area (Å²) in [4.78, 5) is 18.6. The Balaban J connectivity index is 3.11. The van der Waals surface area contributed by atoms with E-state index >= 15 is 0 Å². The molecule has 1 aromatic rings. The third kappa shape index (κ3) is 5.00. The molecule has 0 aliphatic carbocycles. The van der Waals surface area contributed by atoms with Crippen LogP contribution < -0.4 is 4.90 Å².